The lowest BCUT2D eigenvalue weighted by Crippen LogP contribution is -2.14. The zero-order valence-electron chi connectivity index (χ0n) is 10.4. The molecule has 1 fully saturated rings. The summed E-state index contributed by atoms with van der Waals surface area (Å²) in [7, 11) is 0. The van der Waals surface area contributed by atoms with Crippen molar-refractivity contribution in [1.82, 2.24) is 0 Å². The summed E-state index contributed by atoms with van der Waals surface area (Å²) in [5, 5.41) is 0. The van der Waals surface area contributed by atoms with Crippen LogP contribution >= 0.6 is 11.8 Å². The van der Waals surface area contributed by atoms with Crippen molar-refractivity contribution in [2.45, 2.75) is 44.4 Å². The predicted octanol–water partition coefficient (Wildman–Crippen LogP) is 4.91. The van der Waals surface area contributed by atoms with Crippen molar-refractivity contribution in [3.05, 3.63) is 29.8 Å². The molecule has 0 atom stereocenters. The SMILES string of the molecule is Cc1ccc(SCC2CCC(C)CC2)cc1. The highest BCUT2D eigenvalue weighted by Crippen LogP contribution is 2.32. The number of thioether (sulfide) groups is 1. The van der Waals surface area contributed by atoms with Crippen molar-refractivity contribution >= 4 is 11.8 Å². The van der Waals surface area contributed by atoms with E-state index in [4.69, 9.17) is 0 Å². The molecule has 0 saturated heterocycles. The van der Waals surface area contributed by atoms with Crippen molar-refractivity contribution in [2.24, 2.45) is 11.8 Å². The Hall–Kier alpha value is -0.430. The van der Waals surface area contributed by atoms with Gasteiger partial charge in [0.25, 0.3) is 0 Å². The highest BCUT2D eigenvalue weighted by molar-refractivity contribution is 7.99. The monoisotopic (exact) mass is 234 g/mol. The molecule has 0 heterocycles. The van der Waals surface area contributed by atoms with Crippen LogP contribution in [0, 0.1) is 18.8 Å². The van der Waals surface area contributed by atoms with Crippen LogP contribution in [0.5, 0.6) is 0 Å². The van der Waals surface area contributed by atoms with Gasteiger partial charge in [-0.1, -0.05) is 37.5 Å². The highest BCUT2D eigenvalue weighted by Gasteiger charge is 2.17. The minimum absolute atomic E-state index is 0.961. The van der Waals surface area contributed by atoms with Crippen LogP contribution in [-0.2, 0) is 0 Å². The van der Waals surface area contributed by atoms with E-state index < -0.39 is 0 Å². The quantitative estimate of drug-likeness (QED) is 0.669. The molecular formula is C15H22S. The first-order chi connectivity index (χ1) is 7.74. The van der Waals surface area contributed by atoms with E-state index >= 15 is 0 Å². The average molecular weight is 234 g/mol. The second-order valence-corrected chi connectivity index (χ2v) is 6.34. The Morgan fingerprint density at radius 3 is 2.31 bits per heavy atom. The smallest absolute Gasteiger partial charge is 0.00722 e. The molecule has 16 heavy (non-hydrogen) atoms. The Morgan fingerprint density at radius 2 is 1.69 bits per heavy atom. The van der Waals surface area contributed by atoms with Gasteiger partial charge in [0, 0.05) is 10.6 Å². The fraction of sp³-hybridized carbons (Fsp3) is 0.600. The van der Waals surface area contributed by atoms with Gasteiger partial charge in [0.05, 0.1) is 0 Å². The third-order valence-electron chi connectivity index (χ3n) is 3.64. The van der Waals surface area contributed by atoms with Crippen molar-refractivity contribution in [2.75, 3.05) is 5.75 Å². The van der Waals surface area contributed by atoms with Gasteiger partial charge < -0.3 is 0 Å². The van der Waals surface area contributed by atoms with Crippen LogP contribution in [0.25, 0.3) is 0 Å². The molecule has 1 aliphatic carbocycles. The van der Waals surface area contributed by atoms with Crippen molar-refractivity contribution in [3.8, 4) is 0 Å². The molecule has 1 heteroatoms. The van der Waals surface area contributed by atoms with Crippen LogP contribution in [-0.4, -0.2) is 5.75 Å². The van der Waals surface area contributed by atoms with Crippen LogP contribution in [0.15, 0.2) is 29.2 Å². The highest BCUT2D eigenvalue weighted by atomic mass is 32.2. The number of hydrogen-bond donors (Lipinski definition) is 0. The molecule has 1 aromatic carbocycles. The van der Waals surface area contributed by atoms with Crippen LogP contribution in [0.3, 0.4) is 0 Å². The zero-order valence-corrected chi connectivity index (χ0v) is 11.2. The van der Waals surface area contributed by atoms with Gasteiger partial charge in [-0.2, -0.15) is 0 Å². The Morgan fingerprint density at radius 1 is 1.06 bits per heavy atom. The molecule has 88 valence electrons. The van der Waals surface area contributed by atoms with E-state index in [1.807, 2.05) is 11.8 Å². The van der Waals surface area contributed by atoms with E-state index in [0.29, 0.717) is 0 Å². The van der Waals surface area contributed by atoms with Gasteiger partial charge >= 0.3 is 0 Å². The van der Waals surface area contributed by atoms with Gasteiger partial charge in [0.2, 0.25) is 0 Å². The van der Waals surface area contributed by atoms with Gasteiger partial charge in [-0.05, 0) is 43.7 Å². The Labute approximate surface area is 104 Å². The summed E-state index contributed by atoms with van der Waals surface area (Å²) in [6.07, 6.45) is 5.78. The summed E-state index contributed by atoms with van der Waals surface area (Å²) in [4.78, 5) is 1.43. The molecule has 2 rings (SSSR count). The largest absolute Gasteiger partial charge is 0.126 e. The average Bonchev–Trinajstić information content (AvgIpc) is 2.30. The molecule has 0 bridgehead atoms. The first kappa shape index (κ1) is 12.0. The summed E-state index contributed by atoms with van der Waals surface area (Å²) in [6, 6.07) is 8.94. The number of benzene rings is 1. The maximum atomic E-state index is 2.39. The first-order valence-electron chi connectivity index (χ1n) is 6.43. The lowest BCUT2D eigenvalue weighted by Gasteiger charge is -2.25. The van der Waals surface area contributed by atoms with Crippen molar-refractivity contribution in [1.29, 1.82) is 0 Å². The van der Waals surface area contributed by atoms with Crippen molar-refractivity contribution in [3.63, 3.8) is 0 Å². The third-order valence-corrected chi connectivity index (χ3v) is 4.89. The molecule has 0 aliphatic heterocycles. The summed E-state index contributed by atoms with van der Waals surface area (Å²) in [6.45, 7) is 4.54. The predicted molar refractivity (Wildman–Crippen MR) is 73.0 cm³/mol. The number of rotatable bonds is 3. The minimum Gasteiger partial charge on any atom is -0.126 e. The van der Waals surface area contributed by atoms with E-state index in [1.165, 1.54) is 41.9 Å². The second-order valence-electron chi connectivity index (χ2n) is 5.25. The van der Waals surface area contributed by atoms with Crippen LogP contribution < -0.4 is 0 Å². The molecule has 1 aromatic rings. The summed E-state index contributed by atoms with van der Waals surface area (Å²) in [5.74, 6) is 3.25. The standard InChI is InChI=1S/C15H22S/c1-12-3-7-14(8-4-12)11-16-15-9-5-13(2)6-10-15/h5-6,9-10,12,14H,3-4,7-8,11H2,1-2H3. The summed E-state index contributed by atoms with van der Waals surface area (Å²) < 4.78 is 0. The van der Waals surface area contributed by atoms with Gasteiger partial charge in [-0.15, -0.1) is 11.8 Å². The lowest BCUT2D eigenvalue weighted by molar-refractivity contribution is 0.311. The lowest BCUT2D eigenvalue weighted by atomic mass is 9.84. The van der Waals surface area contributed by atoms with Crippen LogP contribution in [0.4, 0.5) is 0 Å². The molecule has 0 aromatic heterocycles. The normalized spacial score (nSPS) is 25.6. The van der Waals surface area contributed by atoms with Crippen LogP contribution in [0.1, 0.15) is 38.2 Å². The number of hydrogen-bond acceptors (Lipinski definition) is 1. The van der Waals surface area contributed by atoms with Gasteiger partial charge in [0.1, 0.15) is 0 Å². The molecule has 0 nitrogen and oxygen atoms in total. The topological polar surface area (TPSA) is 0 Å². The van der Waals surface area contributed by atoms with Crippen molar-refractivity contribution < 1.29 is 0 Å². The maximum Gasteiger partial charge on any atom is 0.00722 e. The molecular weight excluding hydrogens is 212 g/mol. The first-order valence-corrected chi connectivity index (χ1v) is 7.42. The second kappa shape index (κ2) is 5.77. The maximum absolute atomic E-state index is 2.39. The fourth-order valence-electron chi connectivity index (χ4n) is 2.34. The zero-order chi connectivity index (χ0) is 11.4. The van der Waals surface area contributed by atoms with E-state index in [-0.39, 0.29) is 0 Å². The van der Waals surface area contributed by atoms with Crippen LogP contribution in [0.2, 0.25) is 0 Å². The van der Waals surface area contributed by atoms with E-state index in [9.17, 15) is 0 Å². The Bertz CT molecular complexity index is 307. The Kier molecular flexibility index (Phi) is 4.34. The third kappa shape index (κ3) is 3.55. The van der Waals surface area contributed by atoms with Gasteiger partial charge in [-0.25, -0.2) is 0 Å². The van der Waals surface area contributed by atoms with E-state index in [1.54, 1.807) is 0 Å². The molecule has 0 spiro atoms. The van der Waals surface area contributed by atoms with Gasteiger partial charge in [-0.3, -0.25) is 0 Å². The summed E-state index contributed by atoms with van der Waals surface area (Å²) >= 11 is 2.04. The molecule has 0 N–H and O–H groups in total. The Balaban J connectivity index is 1.77. The molecule has 0 radical (unpaired) electrons. The van der Waals surface area contributed by atoms with Gasteiger partial charge in [0.15, 0.2) is 0 Å². The fourth-order valence-corrected chi connectivity index (χ4v) is 3.43. The molecule has 0 amide bonds. The summed E-state index contributed by atoms with van der Waals surface area (Å²) in [5.41, 5.74) is 1.36. The minimum atomic E-state index is 0.961. The molecule has 1 aliphatic rings. The number of aryl methyl sites for hydroxylation is 1. The van der Waals surface area contributed by atoms with E-state index in [2.05, 4.69) is 38.1 Å². The molecule has 1 saturated carbocycles. The molecule has 0 unspecified atom stereocenters. The van der Waals surface area contributed by atoms with E-state index in [0.717, 1.165) is 11.8 Å².